The van der Waals surface area contributed by atoms with Crippen LogP contribution in [-0.2, 0) is 5.41 Å². The van der Waals surface area contributed by atoms with Gasteiger partial charge in [-0.15, -0.1) is 0 Å². The van der Waals surface area contributed by atoms with Crippen molar-refractivity contribution in [2.24, 2.45) is 21.5 Å². The monoisotopic (exact) mass is 391 g/mol. The maximum atomic E-state index is 6.33. The van der Waals surface area contributed by atoms with E-state index in [1.165, 1.54) is 12.0 Å². The fourth-order valence-electron chi connectivity index (χ4n) is 3.62. The van der Waals surface area contributed by atoms with Gasteiger partial charge in [-0.05, 0) is 64.7 Å². The van der Waals surface area contributed by atoms with E-state index in [0.717, 1.165) is 35.8 Å². The number of halogens is 1. The molecule has 1 aliphatic heterocycles. The molecule has 0 unspecified atom stereocenters. The first-order chi connectivity index (χ1) is 11.2. The third-order valence-electron chi connectivity index (χ3n) is 4.90. The molecule has 130 valence electrons. The first-order valence-corrected chi connectivity index (χ1v) is 9.32. The average Bonchev–Trinajstić information content (AvgIpc) is 2.48. The maximum absolute atomic E-state index is 6.33. The van der Waals surface area contributed by atoms with Crippen LogP contribution in [0.15, 0.2) is 32.7 Å². The molecule has 1 aliphatic carbocycles. The number of aliphatic imine (C=N–C) groups is 2. The Morgan fingerprint density at radius 1 is 1.12 bits per heavy atom. The van der Waals surface area contributed by atoms with Crippen molar-refractivity contribution < 1.29 is 0 Å². The van der Waals surface area contributed by atoms with Gasteiger partial charge in [0.25, 0.3) is 0 Å². The molecule has 4 N–H and O–H groups in total. The molecule has 5 nitrogen and oxygen atoms in total. The first-order valence-electron chi connectivity index (χ1n) is 8.53. The summed E-state index contributed by atoms with van der Waals surface area (Å²) < 4.78 is 0.995. The molecule has 2 aliphatic rings. The van der Waals surface area contributed by atoms with Crippen LogP contribution >= 0.6 is 15.9 Å². The Labute approximate surface area is 152 Å². The minimum Gasteiger partial charge on any atom is -0.369 e. The number of anilines is 1. The zero-order valence-corrected chi connectivity index (χ0v) is 16.2. The molecule has 0 bridgehead atoms. The molecule has 0 amide bonds. The van der Waals surface area contributed by atoms with E-state index in [4.69, 9.17) is 16.5 Å². The molecule has 0 aromatic heterocycles. The Bertz CT molecular complexity index is 696. The Balaban J connectivity index is 2.14. The van der Waals surface area contributed by atoms with Crippen molar-refractivity contribution in [3.05, 3.63) is 28.2 Å². The summed E-state index contributed by atoms with van der Waals surface area (Å²) in [5, 5.41) is 0. The van der Waals surface area contributed by atoms with E-state index in [-0.39, 0.29) is 11.4 Å². The summed E-state index contributed by atoms with van der Waals surface area (Å²) in [5.41, 5.74) is 14.2. The molecule has 0 saturated heterocycles. The van der Waals surface area contributed by atoms with E-state index < -0.39 is 5.66 Å². The summed E-state index contributed by atoms with van der Waals surface area (Å²) in [6.45, 7) is 6.63. The molecule has 1 heterocycles. The van der Waals surface area contributed by atoms with E-state index in [1.54, 1.807) is 0 Å². The average molecular weight is 392 g/mol. The third kappa shape index (κ3) is 3.04. The standard InChI is InChI=1S/C18H26BrN5/c1-17(2,3)12-7-8-13(19)14(11-12)24-16(21)22-15(20)23-18(24)9-5-4-6-10-18/h7-8,11H,4-6,9-10H2,1-3H3,(H4,20,21,22,23). The summed E-state index contributed by atoms with van der Waals surface area (Å²) in [6, 6.07) is 6.43. The lowest BCUT2D eigenvalue weighted by atomic mass is 9.85. The summed E-state index contributed by atoms with van der Waals surface area (Å²) >= 11 is 3.69. The molecule has 24 heavy (non-hydrogen) atoms. The van der Waals surface area contributed by atoms with Gasteiger partial charge >= 0.3 is 0 Å². The van der Waals surface area contributed by atoms with Gasteiger partial charge in [-0.25, -0.2) is 4.99 Å². The van der Waals surface area contributed by atoms with E-state index in [1.807, 2.05) is 0 Å². The highest BCUT2D eigenvalue weighted by Gasteiger charge is 2.43. The van der Waals surface area contributed by atoms with E-state index >= 15 is 0 Å². The second-order valence-corrected chi connectivity index (χ2v) is 8.59. The van der Waals surface area contributed by atoms with Gasteiger partial charge in [0.05, 0.1) is 5.69 Å². The zero-order valence-electron chi connectivity index (χ0n) is 14.6. The summed E-state index contributed by atoms with van der Waals surface area (Å²) in [4.78, 5) is 11.1. The molecule has 1 aromatic rings. The molecule has 3 rings (SSSR count). The largest absolute Gasteiger partial charge is 0.369 e. The van der Waals surface area contributed by atoms with Crippen molar-refractivity contribution in [2.75, 3.05) is 4.90 Å². The van der Waals surface area contributed by atoms with Gasteiger partial charge in [0.15, 0.2) is 0 Å². The minimum atomic E-state index is -0.410. The lowest BCUT2D eigenvalue weighted by Gasteiger charge is -2.46. The van der Waals surface area contributed by atoms with Crippen LogP contribution < -0.4 is 16.4 Å². The lowest BCUT2D eigenvalue weighted by Crippen LogP contribution is -2.58. The van der Waals surface area contributed by atoms with Crippen molar-refractivity contribution in [1.82, 2.24) is 0 Å². The third-order valence-corrected chi connectivity index (χ3v) is 5.58. The van der Waals surface area contributed by atoms with Crippen molar-refractivity contribution in [3.8, 4) is 0 Å². The molecule has 0 atom stereocenters. The predicted octanol–water partition coefficient (Wildman–Crippen LogP) is 3.86. The SMILES string of the molecule is CC(C)(C)c1ccc(Br)c(N2C(N)=NC(N)=NC23CCCCC3)c1. The highest BCUT2D eigenvalue weighted by Crippen LogP contribution is 2.42. The molecular formula is C18H26BrN5. The van der Waals surface area contributed by atoms with Crippen LogP contribution in [0, 0.1) is 0 Å². The molecule has 1 spiro atoms. The second kappa shape index (κ2) is 6.06. The van der Waals surface area contributed by atoms with Crippen molar-refractivity contribution in [3.63, 3.8) is 0 Å². The maximum Gasteiger partial charge on any atom is 0.220 e. The number of hydrogen-bond acceptors (Lipinski definition) is 5. The van der Waals surface area contributed by atoms with Crippen molar-refractivity contribution >= 4 is 33.5 Å². The summed E-state index contributed by atoms with van der Waals surface area (Å²) in [6.07, 6.45) is 5.35. The number of guanidine groups is 2. The van der Waals surface area contributed by atoms with Crippen LogP contribution in [0.2, 0.25) is 0 Å². The Hall–Kier alpha value is -1.56. The van der Waals surface area contributed by atoms with Gasteiger partial charge in [0.2, 0.25) is 11.9 Å². The van der Waals surface area contributed by atoms with Crippen LogP contribution in [0.25, 0.3) is 0 Å². The quantitative estimate of drug-likeness (QED) is 0.762. The summed E-state index contributed by atoms with van der Waals surface area (Å²) in [5.74, 6) is 0.713. The first kappa shape index (κ1) is 17.3. The molecule has 0 radical (unpaired) electrons. The fraction of sp³-hybridized carbons (Fsp3) is 0.556. The predicted molar refractivity (Wildman–Crippen MR) is 104 cm³/mol. The number of nitrogens with two attached hydrogens (primary N) is 2. The van der Waals surface area contributed by atoms with Gasteiger partial charge < -0.3 is 11.5 Å². The van der Waals surface area contributed by atoms with Crippen molar-refractivity contribution in [2.45, 2.75) is 64.0 Å². The molecule has 6 heteroatoms. The highest BCUT2D eigenvalue weighted by atomic mass is 79.9. The van der Waals surface area contributed by atoms with Crippen LogP contribution in [0.3, 0.4) is 0 Å². The van der Waals surface area contributed by atoms with E-state index in [0.29, 0.717) is 5.96 Å². The lowest BCUT2D eigenvalue weighted by molar-refractivity contribution is 0.305. The van der Waals surface area contributed by atoms with Crippen LogP contribution in [0.4, 0.5) is 5.69 Å². The Morgan fingerprint density at radius 2 is 1.79 bits per heavy atom. The van der Waals surface area contributed by atoms with Gasteiger partial charge in [-0.3, -0.25) is 4.90 Å². The van der Waals surface area contributed by atoms with Gasteiger partial charge in [-0.2, -0.15) is 4.99 Å². The number of rotatable bonds is 1. The minimum absolute atomic E-state index is 0.0547. The summed E-state index contributed by atoms with van der Waals surface area (Å²) in [7, 11) is 0. The normalized spacial score (nSPS) is 20.8. The van der Waals surface area contributed by atoms with Crippen molar-refractivity contribution in [1.29, 1.82) is 0 Å². The smallest absolute Gasteiger partial charge is 0.220 e. The molecular weight excluding hydrogens is 366 g/mol. The number of nitrogens with zero attached hydrogens (tertiary/aromatic N) is 3. The molecule has 1 aromatic carbocycles. The van der Waals surface area contributed by atoms with Crippen LogP contribution in [0.1, 0.15) is 58.4 Å². The Kier molecular flexibility index (Phi) is 4.36. The van der Waals surface area contributed by atoms with Gasteiger partial charge in [0.1, 0.15) is 5.66 Å². The Morgan fingerprint density at radius 3 is 2.42 bits per heavy atom. The second-order valence-electron chi connectivity index (χ2n) is 7.73. The van der Waals surface area contributed by atoms with E-state index in [2.05, 4.69) is 64.8 Å². The molecule has 1 fully saturated rings. The molecule has 1 saturated carbocycles. The topological polar surface area (TPSA) is 80.0 Å². The fourth-order valence-corrected chi connectivity index (χ4v) is 4.04. The highest BCUT2D eigenvalue weighted by molar-refractivity contribution is 9.10. The van der Waals surface area contributed by atoms with Crippen LogP contribution in [0.5, 0.6) is 0 Å². The van der Waals surface area contributed by atoms with Gasteiger partial charge in [-0.1, -0.05) is 33.3 Å². The zero-order chi connectivity index (χ0) is 17.5. The van der Waals surface area contributed by atoms with E-state index in [9.17, 15) is 0 Å². The van der Waals surface area contributed by atoms with Crippen LogP contribution in [-0.4, -0.2) is 17.6 Å². The number of hydrogen-bond donors (Lipinski definition) is 2. The number of benzene rings is 1. The van der Waals surface area contributed by atoms with Gasteiger partial charge in [0, 0.05) is 4.47 Å².